The zero-order valence-electron chi connectivity index (χ0n) is 21.8. The molecule has 10 nitrogen and oxygen atoms in total. The number of para-hydroxylation sites is 1. The van der Waals surface area contributed by atoms with Gasteiger partial charge in [0.1, 0.15) is 29.3 Å². The lowest BCUT2D eigenvalue weighted by molar-refractivity contribution is -0.125. The minimum Gasteiger partial charge on any atom is -0.457 e. The van der Waals surface area contributed by atoms with Crippen molar-refractivity contribution in [3.8, 4) is 22.8 Å². The lowest BCUT2D eigenvalue weighted by atomic mass is 10.1. The second-order valence-electron chi connectivity index (χ2n) is 9.95. The number of carbonyl (C=O) groups is 1. The van der Waals surface area contributed by atoms with Crippen LogP contribution >= 0.6 is 0 Å². The number of likely N-dealkylation sites (tertiary alicyclic amines) is 1. The van der Waals surface area contributed by atoms with Crippen LogP contribution in [0.1, 0.15) is 12.5 Å². The Balaban J connectivity index is 1.19. The predicted octanol–water partition coefficient (Wildman–Crippen LogP) is 3.53. The molecule has 1 amide bonds. The smallest absolute Gasteiger partial charge is 0.246 e. The zero-order chi connectivity index (χ0) is 26.8. The van der Waals surface area contributed by atoms with Crippen molar-refractivity contribution in [1.29, 1.82) is 0 Å². The summed E-state index contributed by atoms with van der Waals surface area (Å²) in [4.78, 5) is 25.7. The molecule has 2 N–H and O–H groups in total. The molecule has 1 atom stereocenters. The molecule has 4 aromatic rings. The number of carbonyl (C=O) groups excluding carboxylic acids is 1. The molecule has 200 valence electrons. The van der Waals surface area contributed by atoms with Crippen molar-refractivity contribution >= 4 is 22.8 Å². The summed E-state index contributed by atoms with van der Waals surface area (Å²) < 4.78 is 13.1. The van der Waals surface area contributed by atoms with Gasteiger partial charge in [0.15, 0.2) is 5.65 Å². The highest BCUT2D eigenvalue weighted by Crippen LogP contribution is 2.35. The summed E-state index contributed by atoms with van der Waals surface area (Å²) in [6.45, 7) is 3.44. The van der Waals surface area contributed by atoms with Gasteiger partial charge < -0.3 is 20.1 Å². The standard InChI is InChI=1S/C29H31N7O3/c1-34(22-17-38-18-22)14-5-8-25(37)35-15-13-21(16-35)36-29-26(28(30)31-19-32-29)27(33-36)20-9-11-24(12-10-20)39-23-6-3-2-4-7-23/h2-12,19,21-22H,13-18H2,1H3,(H2,30,31,32)/b8-5+. The zero-order valence-corrected chi connectivity index (χ0v) is 21.8. The Hall–Kier alpha value is -4.28. The first-order valence-electron chi connectivity index (χ1n) is 13.1. The normalized spacial score (nSPS) is 17.8. The molecule has 1 unspecified atom stereocenters. The summed E-state index contributed by atoms with van der Waals surface area (Å²) in [7, 11) is 2.05. The number of nitrogen functional groups attached to an aromatic ring is 1. The van der Waals surface area contributed by atoms with Crippen molar-refractivity contribution in [2.75, 3.05) is 45.6 Å². The predicted molar refractivity (Wildman–Crippen MR) is 148 cm³/mol. The molecule has 0 spiro atoms. The summed E-state index contributed by atoms with van der Waals surface area (Å²) in [5, 5.41) is 5.66. The summed E-state index contributed by atoms with van der Waals surface area (Å²) in [6, 6.07) is 17.8. The molecule has 0 aliphatic carbocycles. The first-order chi connectivity index (χ1) is 19.1. The molecule has 10 heteroatoms. The number of aromatic nitrogens is 4. The van der Waals surface area contributed by atoms with Crippen molar-refractivity contribution < 1.29 is 14.3 Å². The van der Waals surface area contributed by atoms with E-state index < -0.39 is 0 Å². The van der Waals surface area contributed by atoms with Gasteiger partial charge in [0.25, 0.3) is 0 Å². The molecule has 2 aromatic carbocycles. The number of amides is 1. The van der Waals surface area contributed by atoms with Crippen molar-refractivity contribution in [2.45, 2.75) is 18.5 Å². The fourth-order valence-corrected chi connectivity index (χ4v) is 4.95. The average Bonchev–Trinajstić information content (AvgIpc) is 3.55. The SMILES string of the molecule is CN(C/C=C/C(=O)N1CCC(n2nc(-c3ccc(Oc4ccccc4)cc3)c3c(N)ncnc32)C1)C1COC1. The van der Waals surface area contributed by atoms with Gasteiger partial charge in [-0.15, -0.1) is 0 Å². The number of anilines is 1. The molecular formula is C29H31N7O3. The van der Waals surface area contributed by atoms with Gasteiger partial charge in [-0.3, -0.25) is 9.69 Å². The molecule has 2 saturated heterocycles. The van der Waals surface area contributed by atoms with E-state index in [0.717, 1.165) is 43.2 Å². The van der Waals surface area contributed by atoms with E-state index in [1.54, 1.807) is 6.08 Å². The maximum Gasteiger partial charge on any atom is 0.246 e. The molecular weight excluding hydrogens is 494 g/mol. The second-order valence-corrected chi connectivity index (χ2v) is 9.95. The fraction of sp³-hybridized carbons (Fsp3) is 0.310. The molecule has 0 saturated carbocycles. The highest BCUT2D eigenvalue weighted by atomic mass is 16.5. The number of hydrogen-bond acceptors (Lipinski definition) is 8. The topological polar surface area (TPSA) is 112 Å². The van der Waals surface area contributed by atoms with Crippen LogP contribution in [0.3, 0.4) is 0 Å². The number of rotatable bonds is 8. The van der Waals surface area contributed by atoms with Crippen molar-refractivity contribution in [1.82, 2.24) is 29.5 Å². The van der Waals surface area contributed by atoms with Crippen LogP contribution in [-0.4, -0.2) is 81.4 Å². The third kappa shape index (κ3) is 5.21. The van der Waals surface area contributed by atoms with E-state index in [-0.39, 0.29) is 11.9 Å². The number of hydrogen-bond donors (Lipinski definition) is 1. The summed E-state index contributed by atoms with van der Waals surface area (Å²) in [5.41, 5.74) is 8.58. The number of ether oxygens (including phenoxy) is 2. The molecule has 2 fully saturated rings. The largest absolute Gasteiger partial charge is 0.457 e. The van der Waals surface area contributed by atoms with Gasteiger partial charge in [-0.05, 0) is 49.9 Å². The van der Waals surface area contributed by atoms with Crippen LogP contribution in [0.2, 0.25) is 0 Å². The van der Waals surface area contributed by atoms with E-state index in [4.69, 9.17) is 20.3 Å². The third-order valence-electron chi connectivity index (χ3n) is 7.34. The molecule has 2 aromatic heterocycles. The molecule has 4 heterocycles. The van der Waals surface area contributed by atoms with Crippen LogP contribution in [0.25, 0.3) is 22.3 Å². The van der Waals surface area contributed by atoms with Crippen LogP contribution in [0, 0.1) is 0 Å². The highest BCUT2D eigenvalue weighted by molar-refractivity contribution is 5.98. The summed E-state index contributed by atoms with van der Waals surface area (Å²) >= 11 is 0. The third-order valence-corrected chi connectivity index (χ3v) is 7.34. The lowest BCUT2D eigenvalue weighted by Crippen LogP contribution is -2.47. The van der Waals surface area contributed by atoms with Gasteiger partial charge in [-0.2, -0.15) is 5.10 Å². The van der Waals surface area contributed by atoms with Crippen molar-refractivity contribution in [3.63, 3.8) is 0 Å². The van der Waals surface area contributed by atoms with E-state index >= 15 is 0 Å². The molecule has 2 aliphatic rings. The van der Waals surface area contributed by atoms with Crippen LogP contribution in [0.5, 0.6) is 11.5 Å². The summed E-state index contributed by atoms with van der Waals surface area (Å²) in [6.07, 6.45) is 5.84. The molecule has 2 aliphatic heterocycles. The second kappa shape index (κ2) is 10.8. The Bertz CT molecular complexity index is 1480. The van der Waals surface area contributed by atoms with Gasteiger partial charge in [0.05, 0.1) is 30.7 Å². The van der Waals surface area contributed by atoms with Gasteiger partial charge >= 0.3 is 0 Å². The van der Waals surface area contributed by atoms with Gasteiger partial charge in [0, 0.05) is 31.3 Å². The minimum absolute atomic E-state index is 0.00980. The number of nitrogens with zero attached hydrogens (tertiary/aromatic N) is 6. The fourth-order valence-electron chi connectivity index (χ4n) is 4.95. The van der Waals surface area contributed by atoms with E-state index in [0.29, 0.717) is 41.7 Å². The monoisotopic (exact) mass is 525 g/mol. The van der Waals surface area contributed by atoms with E-state index in [2.05, 4.69) is 14.9 Å². The summed E-state index contributed by atoms with van der Waals surface area (Å²) in [5.74, 6) is 1.88. The Morgan fingerprint density at radius 1 is 1.13 bits per heavy atom. The van der Waals surface area contributed by atoms with E-state index in [9.17, 15) is 4.79 Å². The quantitative estimate of drug-likeness (QED) is 0.348. The maximum absolute atomic E-state index is 12.9. The van der Waals surface area contributed by atoms with E-state index in [1.165, 1.54) is 6.33 Å². The Morgan fingerprint density at radius 3 is 2.64 bits per heavy atom. The van der Waals surface area contributed by atoms with Crippen molar-refractivity contribution in [2.24, 2.45) is 0 Å². The molecule has 6 rings (SSSR count). The number of nitrogens with two attached hydrogens (primary N) is 1. The molecule has 39 heavy (non-hydrogen) atoms. The van der Waals surface area contributed by atoms with Crippen LogP contribution in [-0.2, 0) is 9.53 Å². The first-order valence-corrected chi connectivity index (χ1v) is 13.1. The van der Waals surface area contributed by atoms with E-state index in [1.807, 2.05) is 77.3 Å². The number of fused-ring (bicyclic) bond motifs is 1. The highest BCUT2D eigenvalue weighted by Gasteiger charge is 2.30. The van der Waals surface area contributed by atoms with Crippen LogP contribution in [0.15, 0.2) is 73.1 Å². The molecule has 0 radical (unpaired) electrons. The average molecular weight is 526 g/mol. The van der Waals surface area contributed by atoms with Crippen molar-refractivity contribution in [3.05, 3.63) is 73.1 Å². The maximum atomic E-state index is 12.9. The van der Waals surface area contributed by atoms with Crippen LogP contribution in [0.4, 0.5) is 5.82 Å². The Kier molecular flexibility index (Phi) is 6.95. The Morgan fingerprint density at radius 2 is 1.90 bits per heavy atom. The Labute approximate surface area is 226 Å². The first kappa shape index (κ1) is 25.0. The van der Waals surface area contributed by atoms with Gasteiger partial charge in [-0.25, -0.2) is 14.6 Å². The van der Waals surface area contributed by atoms with Gasteiger partial charge in [0.2, 0.25) is 5.91 Å². The lowest BCUT2D eigenvalue weighted by Gasteiger charge is -2.33. The number of benzene rings is 2. The number of likely N-dealkylation sites (N-methyl/N-ethyl adjacent to an activating group) is 1. The minimum atomic E-state index is -0.0108. The molecule has 0 bridgehead atoms. The van der Waals surface area contributed by atoms with Gasteiger partial charge in [-0.1, -0.05) is 24.3 Å². The van der Waals surface area contributed by atoms with Crippen LogP contribution < -0.4 is 10.5 Å².